The molecule has 2 fully saturated rings. The molecule has 4 atom stereocenters. The Morgan fingerprint density at radius 1 is 0.726 bits per heavy atom. The van der Waals surface area contributed by atoms with E-state index >= 15 is 0 Å². The van der Waals surface area contributed by atoms with Crippen molar-refractivity contribution in [1.29, 1.82) is 0 Å². The number of nitrogens with one attached hydrogen (secondary N) is 3. The van der Waals surface area contributed by atoms with Crippen LogP contribution in [0.3, 0.4) is 0 Å². The van der Waals surface area contributed by atoms with Crippen LogP contribution in [-0.2, 0) is 14.3 Å². The van der Waals surface area contributed by atoms with Gasteiger partial charge >= 0.3 is 6.09 Å². The van der Waals surface area contributed by atoms with E-state index in [1.807, 2.05) is 73.2 Å². The van der Waals surface area contributed by atoms with Crippen LogP contribution in [-0.4, -0.2) is 99.7 Å². The molecule has 0 radical (unpaired) electrons. The maximum Gasteiger partial charge on any atom is 0.407 e. The molecule has 3 aliphatic rings. The van der Waals surface area contributed by atoms with Gasteiger partial charge < -0.3 is 39.3 Å². The van der Waals surface area contributed by atoms with E-state index in [1.54, 1.807) is 0 Å². The first-order chi connectivity index (χ1) is 30.1. The highest BCUT2D eigenvalue weighted by molar-refractivity contribution is 5.91. The third kappa shape index (κ3) is 7.86. The van der Waals surface area contributed by atoms with Gasteiger partial charge in [-0.3, -0.25) is 14.5 Å². The zero-order valence-electron chi connectivity index (χ0n) is 35.7. The van der Waals surface area contributed by atoms with Crippen molar-refractivity contribution in [1.82, 2.24) is 40.0 Å². The molecule has 4 aromatic carbocycles. The van der Waals surface area contributed by atoms with E-state index in [4.69, 9.17) is 24.2 Å². The van der Waals surface area contributed by atoms with Crippen LogP contribution in [0.25, 0.3) is 44.4 Å². The second kappa shape index (κ2) is 17.0. The molecule has 2 unspecified atom stereocenters. The number of aromatic amines is 2. The molecule has 5 heterocycles. The number of aromatic nitrogens is 4. The predicted molar refractivity (Wildman–Crippen MR) is 235 cm³/mol. The van der Waals surface area contributed by atoms with Crippen LogP contribution in [0, 0.1) is 5.92 Å². The van der Waals surface area contributed by atoms with Gasteiger partial charge in [0, 0.05) is 18.7 Å². The van der Waals surface area contributed by atoms with Crippen LogP contribution in [0.4, 0.5) is 4.79 Å². The van der Waals surface area contributed by atoms with Crippen molar-refractivity contribution in [3.63, 3.8) is 0 Å². The van der Waals surface area contributed by atoms with E-state index < -0.39 is 18.2 Å². The Hall–Kier alpha value is -6.67. The van der Waals surface area contributed by atoms with Crippen molar-refractivity contribution in [3.8, 4) is 45.1 Å². The van der Waals surface area contributed by atoms with E-state index in [-0.39, 0.29) is 36.6 Å². The summed E-state index contributed by atoms with van der Waals surface area (Å²) in [6, 6.07) is 25.5. The fourth-order valence-corrected chi connectivity index (χ4v) is 9.15. The molecule has 2 saturated heterocycles. The number of benzene rings is 4. The highest BCUT2D eigenvalue weighted by Gasteiger charge is 2.39. The lowest BCUT2D eigenvalue weighted by molar-refractivity contribution is -0.137. The molecule has 0 aliphatic carbocycles. The summed E-state index contributed by atoms with van der Waals surface area (Å²) in [5.74, 6) is 2.69. The number of alkyl carbamates (subject to hydrolysis) is 1. The van der Waals surface area contributed by atoms with Gasteiger partial charge in [-0.1, -0.05) is 68.4 Å². The van der Waals surface area contributed by atoms with Crippen molar-refractivity contribution in [2.75, 3.05) is 41.1 Å². The van der Waals surface area contributed by atoms with Gasteiger partial charge in [-0.25, -0.2) is 14.8 Å². The van der Waals surface area contributed by atoms with E-state index in [0.29, 0.717) is 24.6 Å². The predicted octanol–water partition coefficient (Wildman–Crippen LogP) is 8.03. The van der Waals surface area contributed by atoms with E-state index in [9.17, 15) is 14.4 Å². The summed E-state index contributed by atoms with van der Waals surface area (Å²) < 4.78 is 15.9. The number of carbonyl (C=O) groups is 3. The molecule has 0 bridgehead atoms. The van der Waals surface area contributed by atoms with Gasteiger partial charge in [0.1, 0.15) is 23.7 Å². The number of hydrogen-bond donors (Lipinski definition) is 3. The monoisotopic (exact) mass is 836 g/mol. The molecule has 14 nitrogen and oxygen atoms in total. The van der Waals surface area contributed by atoms with Gasteiger partial charge in [0.25, 0.3) is 0 Å². The molecular weight excluding hydrogens is 785 g/mol. The Morgan fingerprint density at radius 2 is 1.29 bits per heavy atom. The zero-order valence-corrected chi connectivity index (χ0v) is 35.7. The van der Waals surface area contributed by atoms with E-state index in [0.717, 1.165) is 87.3 Å². The van der Waals surface area contributed by atoms with E-state index in [1.165, 1.54) is 7.11 Å². The lowest BCUT2D eigenvalue weighted by atomic mass is 9.98. The van der Waals surface area contributed by atoms with Crippen molar-refractivity contribution in [2.24, 2.45) is 5.92 Å². The lowest BCUT2D eigenvalue weighted by Crippen LogP contribution is -2.51. The first-order valence-corrected chi connectivity index (χ1v) is 21.3. The summed E-state index contributed by atoms with van der Waals surface area (Å²) in [6.07, 6.45) is 6.45. The average molecular weight is 837 g/mol. The fourth-order valence-electron chi connectivity index (χ4n) is 9.15. The molecule has 62 heavy (non-hydrogen) atoms. The average Bonchev–Trinajstić information content (AvgIpc) is 4.14. The number of carbonyl (C=O) groups excluding carboxylic acids is 3. The second-order valence-corrected chi connectivity index (χ2v) is 16.9. The topological polar surface area (TPSA) is 158 Å². The minimum atomic E-state index is -0.685. The van der Waals surface area contributed by atoms with Crippen LogP contribution >= 0.6 is 0 Å². The van der Waals surface area contributed by atoms with Crippen LogP contribution in [0.1, 0.15) is 74.9 Å². The van der Waals surface area contributed by atoms with Crippen molar-refractivity contribution < 1.29 is 28.6 Å². The minimum absolute atomic E-state index is 0.0366. The quantitative estimate of drug-likeness (QED) is 0.118. The number of H-pyrrole nitrogens is 2. The summed E-state index contributed by atoms with van der Waals surface area (Å²) in [7, 11) is 5.15. The maximum atomic E-state index is 14.2. The second-order valence-electron chi connectivity index (χ2n) is 16.9. The highest BCUT2D eigenvalue weighted by Crippen LogP contribution is 2.39. The van der Waals surface area contributed by atoms with E-state index in [2.05, 4.69) is 75.9 Å². The molecule has 2 aromatic heterocycles. The van der Waals surface area contributed by atoms with Gasteiger partial charge in [0.05, 0.1) is 43.0 Å². The molecule has 14 heteroatoms. The minimum Gasteiger partial charge on any atom is -0.454 e. The number of nitrogens with zero attached hydrogens (tertiary/aromatic N) is 5. The smallest absolute Gasteiger partial charge is 0.407 e. The Kier molecular flexibility index (Phi) is 11.2. The molecule has 3 amide bonds. The largest absolute Gasteiger partial charge is 0.454 e. The van der Waals surface area contributed by atoms with Gasteiger partial charge in [0.15, 0.2) is 11.5 Å². The number of amides is 3. The third-order valence-corrected chi connectivity index (χ3v) is 12.4. The standard InChI is InChI=1S/C48H52N8O6/c1-28(2)42(53-48(59)60-5)46(57)55-20-6-8-38(55)44-50-26-37(52-44)34-17-16-32-22-31(14-15-33(32)23-34)29-10-12-30(13-11-29)36-25-49-45(51-36)39-9-7-21-56(39)47(58)43(54(3)4)35-18-19-40-41(24-35)62-27-61-40/h10-19,22-26,28,38-39,42-43H,6-9,20-21,27H2,1-5H3,(H,49,51)(H,50,52)(H,53,59)/t38-,39?,42-,43?/m0/s1. The first kappa shape index (κ1) is 40.7. The molecule has 9 rings (SSSR count). The highest BCUT2D eigenvalue weighted by atomic mass is 16.7. The summed E-state index contributed by atoms with van der Waals surface area (Å²) in [4.78, 5) is 62.1. The molecule has 3 aliphatic heterocycles. The number of ether oxygens (including phenoxy) is 3. The van der Waals surface area contributed by atoms with Gasteiger partial charge in [-0.05, 0) is 103 Å². The summed E-state index contributed by atoms with van der Waals surface area (Å²) in [5, 5.41) is 4.93. The van der Waals surface area contributed by atoms with Crippen LogP contribution in [0.2, 0.25) is 0 Å². The third-order valence-electron chi connectivity index (χ3n) is 12.4. The van der Waals surface area contributed by atoms with Crippen molar-refractivity contribution in [2.45, 2.75) is 63.7 Å². The molecular formula is C48H52N8O6. The molecule has 3 N–H and O–H groups in total. The van der Waals surface area contributed by atoms with Crippen LogP contribution < -0.4 is 14.8 Å². The molecule has 320 valence electrons. The number of methoxy groups -OCH3 is 1. The number of rotatable bonds is 11. The summed E-state index contributed by atoms with van der Waals surface area (Å²) in [6.45, 7) is 5.27. The number of fused-ring (bicyclic) bond motifs is 2. The fraction of sp³-hybridized carbons (Fsp3) is 0.354. The Morgan fingerprint density at radius 3 is 1.92 bits per heavy atom. The number of imidazole rings is 2. The van der Waals surface area contributed by atoms with Gasteiger partial charge in [-0.2, -0.15) is 0 Å². The van der Waals surface area contributed by atoms with Crippen molar-refractivity contribution in [3.05, 3.63) is 108 Å². The number of likely N-dealkylation sites (tertiary alicyclic amines) is 2. The Bertz CT molecular complexity index is 2620. The lowest BCUT2D eigenvalue weighted by Gasteiger charge is -2.31. The summed E-state index contributed by atoms with van der Waals surface area (Å²) >= 11 is 0. The normalized spacial score (nSPS) is 18.2. The number of likely N-dealkylation sites (N-methyl/N-ethyl adjacent to an activating group) is 1. The Labute approximate surface area is 360 Å². The zero-order chi connectivity index (χ0) is 43.1. The van der Waals surface area contributed by atoms with Gasteiger partial charge in [-0.15, -0.1) is 0 Å². The molecule has 6 aromatic rings. The number of hydrogen-bond acceptors (Lipinski definition) is 9. The Balaban J connectivity index is 0.870. The summed E-state index contributed by atoms with van der Waals surface area (Å²) in [5.41, 5.74) is 6.87. The SMILES string of the molecule is COC(=O)N[C@H](C(=O)N1CCC[C@H]1c1ncc(-c2ccc3cc(-c4ccc(-c5cnc(C6CCCN6C(=O)C(c6ccc7c(c6)OCO7)N(C)C)[nH]5)cc4)ccc3c2)[nH]1)C(C)C. The van der Waals surface area contributed by atoms with Crippen LogP contribution in [0.5, 0.6) is 11.5 Å². The molecule has 0 saturated carbocycles. The maximum absolute atomic E-state index is 14.2. The van der Waals surface area contributed by atoms with Crippen LogP contribution in [0.15, 0.2) is 91.3 Å². The molecule has 0 spiro atoms. The van der Waals surface area contributed by atoms with Crippen molar-refractivity contribution >= 4 is 28.7 Å². The van der Waals surface area contributed by atoms with Gasteiger partial charge in [0.2, 0.25) is 18.6 Å². The first-order valence-electron chi connectivity index (χ1n) is 21.3.